The van der Waals surface area contributed by atoms with Crippen LogP contribution >= 0.6 is 11.3 Å². The number of nitrogens with zero attached hydrogens (tertiary/aromatic N) is 2. The van der Waals surface area contributed by atoms with Crippen LogP contribution in [-0.2, 0) is 11.2 Å². The molecule has 33 heavy (non-hydrogen) atoms. The van der Waals surface area contributed by atoms with E-state index in [0.29, 0.717) is 17.8 Å². The number of rotatable bonds is 7. The fourth-order valence-corrected chi connectivity index (χ4v) is 4.97. The first-order chi connectivity index (χ1) is 16.2. The molecule has 0 saturated carbocycles. The van der Waals surface area contributed by atoms with E-state index in [9.17, 15) is 9.59 Å². The summed E-state index contributed by atoms with van der Waals surface area (Å²) in [5.41, 5.74) is 3.17. The number of benzene rings is 1. The third-order valence-corrected chi connectivity index (χ3v) is 6.85. The number of piperidine rings is 1. The molecule has 1 saturated heterocycles. The molecule has 0 radical (unpaired) electrons. The van der Waals surface area contributed by atoms with Crippen LogP contribution in [0, 0.1) is 0 Å². The normalized spacial score (nSPS) is 17.1. The highest BCUT2D eigenvalue weighted by Crippen LogP contribution is 2.31. The topological polar surface area (TPSA) is 62.3 Å². The lowest BCUT2D eigenvalue weighted by atomic mass is 9.94. The summed E-state index contributed by atoms with van der Waals surface area (Å²) >= 11 is 1.38. The summed E-state index contributed by atoms with van der Waals surface area (Å²) in [7, 11) is 0. The number of hydrogen-bond acceptors (Lipinski definition) is 4. The van der Waals surface area contributed by atoms with E-state index in [0.717, 1.165) is 36.0 Å². The number of likely N-dealkylation sites (tertiary alicyclic amines) is 1. The number of aromatic nitrogens is 1. The van der Waals surface area contributed by atoms with E-state index >= 15 is 0 Å². The zero-order chi connectivity index (χ0) is 23.0. The molecule has 3 aromatic rings. The molecule has 2 atom stereocenters. The van der Waals surface area contributed by atoms with Crippen LogP contribution in [0.25, 0.3) is 6.08 Å². The molecule has 4 rings (SSSR count). The number of thiophene rings is 1. The zero-order valence-corrected chi connectivity index (χ0v) is 19.6. The molecule has 1 fully saturated rings. The van der Waals surface area contributed by atoms with Gasteiger partial charge in [0.1, 0.15) is 6.04 Å². The van der Waals surface area contributed by atoms with E-state index < -0.39 is 6.04 Å². The lowest BCUT2D eigenvalue weighted by molar-refractivity contribution is -0.137. The second-order valence-electron chi connectivity index (χ2n) is 8.28. The van der Waals surface area contributed by atoms with E-state index in [-0.39, 0.29) is 17.9 Å². The van der Waals surface area contributed by atoms with Gasteiger partial charge in [-0.05, 0) is 60.4 Å². The molecule has 0 spiro atoms. The quantitative estimate of drug-likeness (QED) is 0.523. The standard InChI is InChI=1S/C27H29N3O2S/c1-2-7-20-11-13-21(14-12-20)18-23(29-26(31)25-10-6-17-33-25)27(32)30-16-4-3-9-24(30)22-8-5-15-28-19-22/h2,5-8,10-15,17,19,23-24H,3-4,9,16,18H2,1H3,(H,29,31)/b7-2+/t23-,24+/m0/s1. The summed E-state index contributed by atoms with van der Waals surface area (Å²) < 4.78 is 0. The first kappa shape index (κ1) is 22.9. The maximum atomic E-state index is 13.8. The Labute approximate surface area is 199 Å². The Morgan fingerprint density at radius 1 is 1.18 bits per heavy atom. The van der Waals surface area contributed by atoms with Crippen LogP contribution in [0.3, 0.4) is 0 Å². The first-order valence-electron chi connectivity index (χ1n) is 11.4. The molecule has 2 aromatic heterocycles. The van der Waals surface area contributed by atoms with E-state index in [1.807, 2.05) is 78.0 Å². The number of hydrogen-bond donors (Lipinski definition) is 1. The minimum atomic E-state index is -0.635. The van der Waals surface area contributed by atoms with E-state index in [1.54, 1.807) is 12.3 Å². The minimum absolute atomic E-state index is 0.0156. The first-order valence-corrected chi connectivity index (χ1v) is 12.3. The molecule has 170 valence electrons. The van der Waals surface area contributed by atoms with Gasteiger partial charge in [0.15, 0.2) is 0 Å². The smallest absolute Gasteiger partial charge is 0.262 e. The molecule has 0 bridgehead atoms. The van der Waals surface area contributed by atoms with Gasteiger partial charge < -0.3 is 10.2 Å². The van der Waals surface area contributed by atoms with Gasteiger partial charge in [-0.15, -0.1) is 11.3 Å². The molecular weight excluding hydrogens is 430 g/mol. The second kappa shape index (κ2) is 11.1. The molecular formula is C27H29N3O2S. The molecule has 1 aromatic carbocycles. The largest absolute Gasteiger partial charge is 0.339 e. The van der Waals surface area contributed by atoms with Gasteiger partial charge in [0.25, 0.3) is 5.91 Å². The number of pyridine rings is 1. The number of carbonyl (C=O) groups excluding carboxylic acids is 2. The van der Waals surface area contributed by atoms with Crippen LogP contribution < -0.4 is 5.32 Å². The SMILES string of the molecule is C/C=C/c1ccc(C[C@H](NC(=O)c2cccs2)C(=O)N2CCCC[C@@H]2c2cccnc2)cc1. The molecule has 0 aliphatic carbocycles. The third-order valence-electron chi connectivity index (χ3n) is 5.98. The van der Waals surface area contributed by atoms with Crippen molar-refractivity contribution in [2.75, 3.05) is 6.54 Å². The Hall–Kier alpha value is -3.25. The van der Waals surface area contributed by atoms with Crippen molar-refractivity contribution >= 4 is 29.2 Å². The van der Waals surface area contributed by atoms with Gasteiger partial charge in [0.05, 0.1) is 10.9 Å². The van der Waals surface area contributed by atoms with Crippen molar-refractivity contribution < 1.29 is 9.59 Å². The van der Waals surface area contributed by atoms with Crippen LogP contribution in [0.2, 0.25) is 0 Å². The van der Waals surface area contributed by atoms with Crippen molar-refractivity contribution in [3.05, 3.63) is 93.9 Å². The van der Waals surface area contributed by atoms with Crippen LogP contribution in [-0.4, -0.2) is 34.3 Å². The molecule has 3 heterocycles. The van der Waals surface area contributed by atoms with Gasteiger partial charge in [0.2, 0.25) is 5.91 Å². The summed E-state index contributed by atoms with van der Waals surface area (Å²) in [6.45, 7) is 2.67. The predicted octanol–water partition coefficient (Wildman–Crippen LogP) is 5.27. The molecule has 5 nitrogen and oxygen atoms in total. The van der Waals surface area contributed by atoms with Crippen LogP contribution in [0.15, 0.2) is 72.4 Å². The van der Waals surface area contributed by atoms with Gasteiger partial charge >= 0.3 is 0 Å². The van der Waals surface area contributed by atoms with Crippen molar-refractivity contribution in [1.29, 1.82) is 0 Å². The van der Waals surface area contributed by atoms with Crippen molar-refractivity contribution in [1.82, 2.24) is 15.2 Å². The van der Waals surface area contributed by atoms with Crippen molar-refractivity contribution in [2.45, 2.75) is 44.7 Å². The predicted molar refractivity (Wildman–Crippen MR) is 133 cm³/mol. The summed E-state index contributed by atoms with van der Waals surface area (Å²) in [5, 5.41) is 4.90. The molecule has 1 aliphatic heterocycles. The summed E-state index contributed by atoms with van der Waals surface area (Å²) in [6.07, 6.45) is 11.0. The lowest BCUT2D eigenvalue weighted by Crippen LogP contribution is -2.51. The molecule has 6 heteroatoms. The van der Waals surface area contributed by atoms with Gasteiger partial charge in [-0.2, -0.15) is 0 Å². The number of amides is 2. The second-order valence-corrected chi connectivity index (χ2v) is 9.23. The average molecular weight is 460 g/mol. The monoisotopic (exact) mass is 459 g/mol. The van der Waals surface area contributed by atoms with Crippen LogP contribution in [0.5, 0.6) is 0 Å². The van der Waals surface area contributed by atoms with Gasteiger partial charge in [-0.1, -0.05) is 48.6 Å². The summed E-state index contributed by atoms with van der Waals surface area (Å²) in [6, 6.07) is 15.1. The molecule has 2 amide bonds. The van der Waals surface area contributed by atoms with Gasteiger partial charge in [-0.25, -0.2) is 0 Å². The Bertz CT molecular complexity index is 1080. The fourth-order valence-electron chi connectivity index (χ4n) is 4.35. The number of allylic oxidation sites excluding steroid dienone is 1. The third kappa shape index (κ3) is 5.76. The highest BCUT2D eigenvalue weighted by molar-refractivity contribution is 7.12. The van der Waals surface area contributed by atoms with Crippen molar-refractivity contribution in [3.8, 4) is 0 Å². The number of nitrogens with one attached hydrogen (secondary N) is 1. The summed E-state index contributed by atoms with van der Waals surface area (Å²) in [4.78, 5) is 33.5. The minimum Gasteiger partial charge on any atom is -0.339 e. The highest BCUT2D eigenvalue weighted by atomic mass is 32.1. The molecule has 1 aliphatic rings. The van der Waals surface area contributed by atoms with Crippen LogP contribution in [0.4, 0.5) is 0 Å². The average Bonchev–Trinajstić information content (AvgIpc) is 3.40. The van der Waals surface area contributed by atoms with Gasteiger partial charge in [0, 0.05) is 25.4 Å². The van der Waals surface area contributed by atoms with E-state index in [4.69, 9.17) is 0 Å². The van der Waals surface area contributed by atoms with Crippen LogP contribution in [0.1, 0.15) is 58.6 Å². The Morgan fingerprint density at radius 3 is 2.73 bits per heavy atom. The lowest BCUT2D eigenvalue weighted by Gasteiger charge is -2.38. The Balaban J connectivity index is 1.59. The highest BCUT2D eigenvalue weighted by Gasteiger charge is 2.33. The zero-order valence-electron chi connectivity index (χ0n) is 18.8. The fraction of sp³-hybridized carbons (Fsp3) is 0.296. The maximum Gasteiger partial charge on any atom is 0.262 e. The van der Waals surface area contributed by atoms with Crippen molar-refractivity contribution in [3.63, 3.8) is 0 Å². The maximum absolute atomic E-state index is 13.8. The molecule has 1 N–H and O–H groups in total. The van der Waals surface area contributed by atoms with Gasteiger partial charge in [-0.3, -0.25) is 14.6 Å². The molecule has 0 unspecified atom stereocenters. The summed E-state index contributed by atoms with van der Waals surface area (Å²) in [5.74, 6) is -0.241. The van der Waals surface area contributed by atoms with E-state index in [2.05, 4.69) is 10.3 Å². The van der Waals surface area contributed by atoms with E-state index in [1.165, 1.54) is 11.3 Å². The Kier molecular flexibility index (Phi) is 7.68. The van der Waals surface area contributed by atoms with Crippen molar-refractivity contribution in [2.24, 2.45) is 0 Å². The Morgan fingerprint density at radius 2 is 2.03 bits per heavy atom. The number of carbonyl (C=O) groups is 2.